The highest BCUT2D eigenvalue weighted by atomic mass is 16.5. The van der Waals surface area contributed by atoms with E-state index in [2.05, 4.69) is 6.07 Å². The van der Waals surface area contributed by atoms with Crippen molar-refractivity contribution in [2.75, 3.05) is 19.7 Å². The predicted molar refractivity (Wildman–Crippen MR) is 67.6 cm³/mol. The van der Waals surface area contributed by atoms with Crippen molar-refractivity contribution in [2.24, 2.45) is 11.5 Å². The zero-order valence-corrected chi connectivity index (χ0v) is 9.82. The molecule has 0 aromatic heterocycles. The summed E-state index contributed by atoms with van der Waals surface area (Å²) in [5.74, 6) is 0.973. The van der Waals surface area contributed by atoms with Gasteiger partial charge in [-0.15, -0.1) is 0 Å². The number of hydrogen-bond acceptors (Lipinski definition) is 3. The maximum atomic E-state index is 5.74. The van der Waals surface area contributed by atoms with Gasteiger partial charge in [0.15, 0.2) is 0 Å². The Morgan fingerprint density at radius 1 is 0.938 bits per heavy atom. The molecule has 0 radical (unpaired) electrons. The fourth-order valence-corrected chi connectivity index (χ4v) is 1.61. The fourth-order valence-electron chi connectivity index (χ4n) is 1.61. The summed E-state index contributed by atoms with van der Waals surface area (Å²) in [5, 5.41) is 0. The van der Waals surface area contributed by atoms with E-state index in [9.17, 15) is 0 Å². The average Bonchev–Trinajstić information content (AvgIpc) is 2.31. The summed E-state index contributed by atoms with van der Waals surface area (Å²) < 4.78 is 5.74. The van der Waals surface area contributed by atoms with Crippen molar-refractivity contribution in [2.45, 2.75) is 25.7 Å². The van der Waals surface area contributed by atoms with E-state index in [0.717, 1.165) is 44.6 Å². The van der Waals surface area contributed by atoms with Gasteiger partial charge in [0, 0.05) is 0 Å². The molecule has 0 saturated carbocycles. The van der Waals surface area contributed by atoms with Crippen LogP contribution in [0.5, 0.6) is 5.75 Å². The van der Waals surface area contributed by atoms with Crippen LogP contribution in [0.25, 0.3) is 0 Å². The molecule has 0 heterocycles. The quantitative estimate of drug-likeness (QED) is 0.658. The first-order valence-electron chi connectivity index (χ1n) is 5.99. The summed E-state index contributed by atoms with van der Waals surface area (Å²) in [4.78, 5) is 0. The third-order valence-electron chi connectivity index (χ3n) is 2.49. The minimum absolute atomic E-state index is 0.660. The number of benzene rings is 1. The molecule has 0 saturated heterocycles. The summed E-state index contributed by atoms with van der Waals surface area (Å²) in [6, 6.07) is 8.09. The number of rotatable bonds is 8. The topological polar surface area (TPSA) is 61.3 Å². The molecule has 3 nitrogen and oxygen atoms in total. The molecule has 1 aromatic carbocycles. The van der Waals surface area contributed by atoms with E-state index in [1.165, 1.54) is 5.56 Å². The monoisotopic (exact) mass is 222 g/mol. The van der Waals surface area contributed by atoms with Gasteiger partial charge in [-0.2, -0.15) is 0 Å². The molecule has 16 heavy (non-hydrogen) atoms. The lowest BCUT2D eigenvalue weighted by molar-refractivity contribution is 0.303. The zero-order valence-electron chi connectivity index (χ0n) is 9.82. The highest BCUT2D eigenvalue weighted by molar-refractivity contribution is 5.33. The van der Waals surface area contributed by atoms with Crippen LogP contribution in [0.1, 0.15) is 24.8 Å². The molecule has 1 rings (SSSR count). The Morgan fingerprint density at radius 2 is 1.75 bits per heavy atom. The van der Waals surface area contributed by atoms with E-state index < -0.39 is 0 Å². The van der Waals surface area contributed by atoms with Crippen LogP contribution in [0.2, 0.25) is 0 Å². The van der Waals surface area contributed by atoms with Crippen LogP contribution in [0, 0.1) is 0 Å². The molecule has 0 unspecified atom stereocenters. The summed E-state index contributed by atoms with van der Waals surface area (Å²) in [7, 11) is 0. The van der Waals surface area contributed by atoms with Gasteiger partial charge in [0.25, 0.3) is 0 Å². The summed E-state index contributed by atoms with van der Waals surface area (Å²) in [6.07, 6.45) is 4.15. The summed E-state index contributed by atoms with van der Waals surface area (Å²) >= 11 is 0. The van der Waals surface area contributed by atoms with E-state index in [1.54, 1.807) is 0 Å². The number of ether oxygens (including phenoxy) is 1. The minimum atomic E-state index is 0.660. The molecular formula is C13H22N2O. The average molecular weight is 222 g/mol. The largest absolute Gasteiger partial charge is 0.493 e. The van der Waals surface area contributed by atoms with Gasteiger partial charge < -0.3 is 16.2 Å². The van der Waals surface area contributed by atoms with Crippen molar-refractivity contribution in [1.82, 2.24) is 0 Å². The maximum Gasteiger partial charge on any atom is 0.122 e. The van der Waals surface area contributed by atoms with Gasteiger partial charge in [-0.05, 0) is 50.4 Å². The molecular weight excluding hydrogens is 200 g/mol. The maximum absolute atomic E-state index is 5.74. The molecule has 0 fully saturated rings. The van der Waals surface area contributed by atoms with Gasteiger partial charge in [-0.1, -0.05) is 18.2 Å². The van der Waals surface area contributed by atoms with Gasteiger partial charge in [0.05, 0.1) is 6.61 Å². The zero-order chi connectivity index (χ0) is 11.6. The van der Waals surface area contributed by atoms with E-state index in [4.69, 9.17) is 16.2 Å². The lowest BCUT2D eigenvalue weighted by Gasteiger charge is -2.10. The van der Waals surface area contributed by atoms with Gasteiger partial charge in [0.2, 0.25) is 0 Å². The Bertz CT molecular complexity index is 289. The van der Waals surface area contributed by atoms with Crippen LogP contribution in [0.15, 0.2) is 24.3 Å². The Kier molecular flexibility index (Phi) is 6.61. The van der Waals surface area contributed by atoms with Crippen molar-refractivity contribution in [3.63, 3.8) is 0 Å². The first kappa shape index (κ1) is 13.0. The van der Waals surface area contributed by atoms with Crippen LogP contribution in [-0.2, 0) is 6.42 Å². The number of para-hydroxylation sites is 1. The predicted octanol–water partition coefficient (Wildman–Crippen LogP) is 1.70. The SMILES string of the molecule is NCCCCCOc1ccccc1CCN. The highest BCUT2D eigenvalue weighted by Crippen LogP contribution is 2.18. The first-order chi connectivity index (χ1) is 7.88. The molecule has 0 bridgehead atoms. The van der Waals surface area contributed by atoms with E-state index in [-0.39, 0.29) is 0 Å². The molecule has 3 heteroatoms. The summed E-state index contributed by atoms with van der Waals surface area (Å²) in [6.45, 7) is 2.19. The molecule has 1 aromatic rings. The van der Waals surface area contributed by atoms with Gasteiger partial charge >= 0.3 is 0 Å². The van der Waals surface area contributed by atoms with Crippen LogP contribution in [-0.4, -0.2) is 19.7 Å². The molecule has 0 atom stereocenters. The standard InChI is InChI=1S/C13H22N2O/c14-9-4-1-5-11-16-13-7-3-2-6-12(13)8-10-15/h2-3,6-7H,1,4-5,8-11,14-15H2. The molecule has 90 valence electrons. The highest BCUT2D eigenvalue weighted by Gasteiger charge is 2.01. The third kappa shape index (κ3) is 4.64. The second-order valence-corrected chi connectivity index (χ2v) is 3.84. The number of nitrogens with two attached hydrogens (primary N) is 2. The van der Waals surface area contributed by atoms with Crippen LogP contribution in [0.3, 0.4) is 0 Å². The fraction of sp³-hybridized carbons (Fsp3) is 0.538. The number of hydrogen-bond donors (Lipinski definition) is 2. The number of unbranched alkanes of at least 4 members (excludes halogenated alkanes) is 2. The Morgan fingerprint density at radius 3 is 2.50 bits per heavy atom. The van der Waals surface area contributed by atoms with Crippen molar-refractivity contribution in [1.29, 1.82) is 0 Å². The van der Waals surface area contributed by atoms with Crippen LogP contribution >= 0.6 is 0 Å². The normalized spacial score (nSPS) is 10.4. The molecule has 0 amide bonds. The van der Waals surface area contributed by atoms with Crippen LogP contribution < -0.4 is 16.2 Å². The first-order valence-corrected chi connectivity index (χ1v) is 5.99. The Balaban J connectivity index is 2.34. The molecule has 0 spiro atoms. The smallest absolute Gasteiger partial charge is 0.122 e. The van der Waals surface area contributed by atoms with Crippen LogP contribution in [0.4, 0.5) is 0 Å². The lowest BCUT2D eigenvalue weighted by atomic mass is 10.1. The molecule has 0 aliphatic rings. The van der Waals surface area contributed by atoms with Gasteiger partial charge in [-0.3, -0.25) is 0 Å². The van der Waals surface area contributed by atoms with E-state index in [0.29, 0.717) is 6.54 Å². The molecule has 0 aliphatic carbocycles. The molecule has 0 aliphatic heterocycles. The molecule has 4 N–H and O–H groups in total. The minimum Gasteiger partial charge on any atom is -0.493 e. The van der Waals surface area contributed by atoms with E-state index >= 15 is 0 Å². The Labute approximate surface area is 97.8 Å². The Hall–Kier alpha value is -1.06. The lowest BCUT2D eigenvalue weighted by Crippen LogP contribution is -2.06. The van der Waals surface area contributed by atoms with E-state index in [1.807, 2.05) is 18.2 Å². The van der Waals surface area contributed by atoms with Crippen molar-refractivity contribution in [3.8, 4) is 5.75 Å². The van der Waals surface area contributed by atoms with Crippen molar-refractivity contribution < 1.29 is 4.74 Å². The second kappa shape index (κ2) is 8.13. The summed E-state index contributed by atoms with van der Waals surface area (Å²) in [5.41, 5.74) is 12.2. The third-order valence-corrected chi connectivity index (χ3v) is 2.49. The second-order valence-electron chi connectivity index (χ2n) is 3.84. The van der Waals surface area contributed by atoms with Gasteiger partial charge in [0.1, 0.15) is 5.75 Å². The van der Waals surface area contributed by atoms with Crippen molar-refractivity contribution >= 4 is 0 Å². The van der Waals surface area contributed by atoms with Crippen molar-refractivity contribution in [3.05, 3.63) is 29.8 Å². The van der Waals surface area contributed by atoms with Gasteiger partial charge in [-0.25, -0.2) is 0 Å².